The second-order valence-corrected chi connectivity index (χ2v) is 2.37. The molecule has 1 atom stereocenters. The summed E-state index contributed by atoms with van der Waals surface area (Å²) >= 11 is 0. The number of alkyl halides is 1. The van der Waals surface area contributed by atoms with Gasteiger partial charge in [-0.15, -0.1) is 0 Å². The molecule has 0 aromatic rings. The number of rotatable bonds is 4. The van der Waals surface area contributed by atoms with E-state index in [2.05, 4.69) is 0 Å². The van der Waals surface area contributed by atoms with Crippen molar-refractivity contribution in [2.24, 2.45) is 0 Å². The van der Waals surface area contributed by atoms with Crippen LogP contribution in [0.2, 0.25) is 0 Å². The highest BCUT2D eigenvalue weighted by Gasteiger charge is 2.35. The quantitative estimate of drug-likeness (QED) is 0.662. The SMILES string of the molecule is CCC[C@@](F)(CC)C(=O)O. The molecular weight excluding hydrogens is 135 g/mol. The maximum Gasteiger partial charge on any atom is 0.341 e. The van der Waals surface area contributed by atoms with Gasteiger partial charge in [0.1, 0.15) is 0 Å². The molecule has 60 valence electrons. The van der Waals surface area contributed by atoms with Crippen LogP contribution in [0.3, 0.4) is 0 Å². The van der Waals surface area contributed by atoms with Crippen molar-refractivity contribution in [2.45, 2.75) is 38.8 Å². The van der Waals surface area contributed by atoms with Crippen LogP contribution in [0, 0.1) is 0 Å². The molecule has 0 bridgehead atoms. The lowest BCUT2D eigenvalue weighted by molar-refractivity contribution is -0.151. The highest BCUT2D eigenvalue weighted by Crippen LogP contribution is 2.22. The third-order valence-electron chi connectivity index (χ3n) is 1.59. The van der Waals surface area contributed by atoms with Crippen molar-refractivity contribution in [1.29, 1.82) is 0 Å². The van der Waals surface area contributed by atoms with Gasteiger partial charge in [0.25, 0.3) is 0 Å². The van der Waals surface area contributed by atoms with E-state index in [4.69, 9.17) is 5.11 Å². The Balaban J connectivity index is 4.08. The van der Waals surface area contributed by atoms with E-state index < -0.39 is 11.6 Å². The van der Waals surface area contributed by atoms with Gasteiger partial charge in [-0.2, -0.15) is 0 Å². The molecule has 0 aromatic heterocycles. The highest BCUT2D eigenvalue weighted by molar-refractivity contribution is 5.77. The average molecular weight is 148 g/mol. The van der Waals surface area contributed by atoms with Gasteiger partial charge < -0.3 is 5.11 Å². The molecule has 10 heavy (non-hydrogen) atoms. The van der Waals surface area contributed by atoms with Crippen LogP contribution in [0.15, 0.2) is 0 Å². The van der Waals surface area contributed by atoms with Crippen LogP contribution in [0.4, 0.5) is 4.39 Å². The molecule has 0 heterocycles. The minimum Gasteiger partial charge on any atom is -0.479 e. The van der Waals surface area contributed by atoms with Crippen LogP contribution >= 0.6 is 0 Å². The molecule has 1 N–H and O–H groups in total. The molecule has 0 radical (unpaired) electrons. The van der Waals surface area contributed by atoms with Gasteiger partial charge in [0.15, 0.2) is 0 Å². The first-order valence-electron chi connectivity index (χ1n) is 3.49. The number of halogens is 1. The molecule has 0 fully saturated rings. The van der Waals surface area contributed by atoms with Crippen molar-refractivity contribution in [3.05, 3.63) is 0 Å². The van der Waals surface area contributed by atoms with Crippen molar-refractivity contribution in [2.75, 3.05) is 0 Å². The molecule has 0 aliphatic carbocycles. The van der Waals surface area contributed by atoms with Crippen molar-refractivity contribution >= 4 is 5.97 Å². The topological polar surface area (TPSA) is 37.3 Å². The van der Waals surface area contributed by atoms with Crippen LogP contribution in [-0.2, 0) is 4.79 Å². The van der Waals surface area contributed by atoms with E-state index in [0.717, 1.165) is 0 Å². The summed E-state index contributed by atoms with van der Waals surface area (Å²) in [5, 5.41) is 8.39. The van der Waals surface area contributed by atoms with E-state index in [0.29, 0.717) is 6.42 Å². The first-order chi connectivity index (χ1) is 4.56. The van der Waals surface area contributed by atoms with Gasteiger partial charge in [0, 0.05) is 0 Å². The molecular formula is C7H13FO2. The number of hydrogen-bond acceptors (Lipinski definition) is 1. The van der Waals surface area contributed by atoms with Gasteiger partial charge in [0.2, 0.25) is 5.67 Å². The Kier molecular flexibility index (Phi) is 3.33. The Bertz CT molecular complexity index is 125. The zero-order valence-electron chi connectivity index (χ0n) is 6.35. The maximum atomic E-state index is 13.0. The Morgan fingerprint density at radius 2 is 2.10 bits per heavy atom. The fourth-order valence-corrected chi connectivity index (χ4v) is 0.831. The lowest BCUT2D eigenvalue weighted by atomic mass is 9.98. The van der Waals surface area contributed by atoms with Crippen LogP contribution in [0.1, 0.15) is 33.1 Å². The van der Waals surface area contributed by atoms with Gasteiger partial charge in [-0.05, 0) is 12.8 Å². The number of carbonyl (C=O) groups is 1. The molecule has 0 saturated carbocycles. The van der Waals surface area contributed by atoms with Crippen LogP contribution in [0.25, 0.3) is 0 Å². The van der Waals surface area contributed by atoms with E-state index in [-0.39, 0.29) is 12.8 Å². The molecule has 0 aliphatic heterocycles. The van der Waals surface area contributed by atoms with E-state index in [9.17, 15) is 9.18 Å². The first-order valence-corrected chi connectivity index (χ1v) is 3.49. The Morgan fingerprint density at radius 1 is 1.60 bits per heavy atom. The number of carboxylic acid groups (broad SMARTS) is 1. The lowest BCUT2D eigenvalue weighted by Gasteiger charge is -2.16. The Morgan fingerprint density at radius 3 is 2.20 bits per heavy atom. The fourth-order valence-electron chi connectivity index (χ4n) is 0.831. The van der Waals surface area contributed by atoms with Crippen LogP contribution < -0.4 is 0 Å². The minimum atomic E-state index is -1.99. The summed E-state index contributed by atoms with van der Waals surface area (Å²) in [6, 6.07) is 0. The monoisotopic (exact) mass is 148 g/mol. The molecule has 0 rings (SSSR count). The number of aliphatic carboxylic acids is 1. The van der Waals surface area contributed by atoms with E-state index in [1.54, 1.807) is 13.8 Å². The third kappa shape index (κ3) is 1.97. The Labute approximate surface area is 60.1 Å². The Hall–Kier alpha value is -0.600. The summed E-state index contributed by atoms with van der Waals surface area (Å²) in [4.78, 5) is 10.3. The number of carboxylic acids is 1. The second kappa shape index (κ2) is 3.54. The molecule has 2 nitrogen and oxygen atoms in total. The van der Waals surface area contributed by atoms with Gasteiger partial charge in [0.05, 0.1) is 0 Å². The molecule has 0 saturated heterocycles. The summed E-state index contributed by atoms with van der Waals surface area (Å²) in [5.41, 5.74) is -1.99. The third-order valence-corrected chi connectivity index (χ3v) is 1.59. The van der Waals surface area contributed by atoms with Gasteiger partial charge in [-0.25, -0.2) is 9.18 Å². The van der Waals surface area contributed by atoms with Crippen LogP contribution in [0.5, 0.6) is 0 Å². The zero-order chi connectivity index (χ0) is 8.20. The standard InChI is InChI=1S/C7H13FO2/c1-3-5-7(8,4-2)6(9)10/h3-5H2,1-2H3,(H,9,10)/t7-/m0/s1. The van der Waals surface area contributed by atoms with Gasteiger partial charge >= 0.3 is 5.97 Å². The van der Waals surface area contributed by atoms with E-state index >= 15 is 0 Å². The van der Waals surface area contributed by atoms with E-state index in [1.165, 1.54) is 0 Å². The summed E-state index contributed by atoms with van der Waals surface area (Å²) in [6.45, 7) is 3.32. The normalized spacial score (nSPS) is 16.3. The molecule has 0 amide bonds. The first kappa shape index (κ1) is 9.40. The smallest absolute Gasteiger partial charge is 0.341 e. The fraction of sp³-hybridized carbons (Fsp3) is 0.857. The summed E-state index contributed by atoms with van der Waals surface area (Å²) < 4.78 is 13.0. The zero-order valence-corrected chi connectivity index (χ0v) is 6.35. The predicted octanol–water partition coefficient (Wildman–Crippen LogP) is 1.99. The van der Waals surface area contributed by atoms with Crippen molar-refractivity contribution in [1.82, 2.24) is 0 Å². The molecule has 0 aromatic carbocycles. The highest BCUT2D eigenvalue weighted by atomic mass is 19.1. The van der Waals surface area contributed by atoms with Gasteiger partial charge in [-0.1, -0.05) is 20.3 Å². The van der Waals surface area contributed by atoms with Crippen molar-refractivity contribution < 1.29 is 14.3 Å². The second-order valence-electron chi connectivity index (χ2n) is 2.37. The van der Waals surface area contributed by atoms with Gasteiger partial charge in [-0.3, -0.25) is 0 Å². The summed E-state index contributed by atoms with van der Waals surface area (Å²) in [5.74, 6) is -1.34. The molecule has 0 spiro atoms. The average Bonchev–Trinajstić information content (AvgIpc) is 1.88. The van der Waals surface area contributed by atoms with E-state index in [1.807, 2.05) is 0 Å². The largest absolute Gasteiger partial charge is 0.479 e. The maximum absolute atomic E-state index is 13.0. The van der Waals surface area contributed by atoms with Crippen LogP contribution in [-0.4, -0.2) is 16.7 Å². The molecule has 0 unspecified atom stereocenters. The number of hydrogen-bond donors (Lipinski definition) is 1. The minimum absolute atomic E-state index is 0.0518. The van der Waals surface area contributed by atoms with Crippen molar-refractivity contribution in [3.8, 4) is 0 Å². The summed E-state index contributed by atoms with van der Waals surface area (Å²) in [7, 11) is 0. The molecule has 0 aliphatic rings. The summed E-state index contributed by atoms with van der Waals surface area (Å²) in [6.07, 6.45) is 0.728. The molecule has 3 heteroatoms. The van der Waals surface area contributed by atoms with Crippen molar-refractivity contribution in [3.63, 3.8) is 0 Å². The lowest BCUT2D eigenvalue weighted by Crippen LogP contribution is -2.32. The predicted molar refractivity (Wildman–Crippen MR) is 36.7 cm³/mol.